The van der Waals surface area contributed by atoms with Crippen molar-refractivity contribution in [3.05, 3.63) is 53.7 Å². The lowest BCUT2D eigenvalue weighted by Gasteiger charge is -2.06. The Labute approximate surface area is 116 Å². The number of halogens is 1. The number of alkyl halides is 1. The molecule has 0 saturated carbocycles. The maximum absolute atomic E-state index is 5.98. The minimum Gasteiger partial charge on any atom is -0.306 e. The Hall–Kier alpha value is -1.94. The molecule has 0 fully saturated rings. The van der Waals surface area contributed by atoms with Gasteiger partial charge in [0.2, 0.25) is 0 Å². The van der Waals surface area contributed by atoms with E-state index in [9.17, 15) is 0 Å². The number of pyridine rings is 2. The van der Waals surface area contributed by atoms with E-state index in [2.05, 4.69) is 15.0 Å². The average molecular weight is 273 g/mol. The number of imidazole rings is 1. The second-order valence-electron chi connectivity index (χ2n) is 4.36. The van der Waals surface area contributed by atoms with Gasteiger partial charge < -0.3 is 4.57 Å². The van der Waals surface area contributed by atoms with E-state index in [1.54, 1.807) is 6.20 Å². The molecule has 3 rings (SSSR count). The molecule has 96 valence electrons. The Morgan fingerprint density at radius 2 is 2.05 bits per heavy atom. The van der Waals surface area contributed by atoms with Crippen LogP contribution in [0.25, 0.3) is 11.2 Å². The number of rotatable bonds is 3. The van der Waals surface area contributed by atoms with Gasteiger partial charge in [-0.05, 0) is 31.2 Å². The fourth-order valence-electron chi connectivity index (χ4n) is 2.07. The summed E-state index contributed by atoms with van der Waals surface area (Å²) in [6, 6.07) is 9.79. The summed E-state index contributed by atoms with van der Waals surface area (Å²) in [5.41, 5.74) is 3.67. The summed E-state index contributed by atoms with van der Waals surface area (Å²) in [5, 5.41) is 0. The Morgan fingerprint density at radius 3 is 2.79 bits per heavy atom. The molecule has 0 unspecified atom stereocenters. The molecular weight excluding hydrogens is 260 g/mol. The van der Waals surface area contributed by atoms with Gasteiger partial charge in [-0.3, -0.25) is 4.98 Å². The summed E-state index contributed by atoms with van der Waals surface area (Å²) in [4.78, 5) is 13.4. The fraction of sp³-hybridized carbons (Fsp3) is 0.214. The van der Waals surface area contributed by atoms with Gasteiger partial charge in [0, 0.05) is 11.9 Å². The molecule has 0 aliphatic rings. The topological polar surface area (TPSA) is 43.6 Å². The lowest BCUT2D eigenvalue weighted by atomic mass is 10.3. The molecule has 5 heteroatoms. The molecule has 0 bridgehead atoms. The number of aromatic nitrogens is 4. The highest BCUT2D eigenvalue weighted by Gasteiger charge is 2.12. The molecule has 0 aromatic carbocycles. The Balaban J connectivity index is 2.12. The fourth-order valence-corrected chi connectivity index (χ4v) is 2.27. The zero-order valence-electron chi connectivity index (χ0n) is 10.5. The molecule has 0 radical (unpaired) electrons. The Morgan fingerprint density at radius 1 is 1.16 bits per heavy atom. The van der Waals surface area contributed by atoms with Gasteiger partial charge in [0.25, 0.3) is 0 Å². The smallest absolute Gasteiger partial charge is 0.160 e. The quantitative estimate of drug-likeness (QED) is 0.689. The predicted octanol–water partition coefficient (Wildman–Crippen LogP) is 2.92. The Bertz CT molecular complexity index is 706. The van der Waals surface area contributed by atoms with Gasteiger partial charge in [-0.1, -0.05) is 6.07 Å². The maximum Gasteiger partial charge on any atom is 0.160 e. The van der Waals surface area contributed by atoms with Crippen LogP contribution in [0.1, 0.15) is 17.2 Å². The molecule has 0 atom stereocenters. The molecule has 19 heavy (non-hydrogen) atoms. The van der Waals surface area contributed by atoms with Gasteiger partial charge in [0.05, 0.1) is 18.1 Å². The second-order valence-corrected chi connectivity index (χ2v) is 4.63. The molecule has 0 aliphatic heterocycles. The van der Waals surface area contributed by atoms with E-state index in [1.165, 1.54) is 0 Å². The molecule has 0 amide bonds. The third kappa shape index (κ3) is 2.31. The predicted molar refractivity (Wildman–Crippen MR) is 75.2 cm³/mol. The monoisotopic (exact) mass is 272 g/mol. The summed E-state index contributed by atoms with van der Waals surface area (Å²) in [7, 11) is 0. The standard InChI is InChI=1S/C14H13ClN4/c1-10-5-6-12-14(17-10)19(13(8-15)18-12)9-11-4-2-3-7-16-11/h2-7H,8-9H2,1H3. The number of fused-ring (bicyclic) bond motifs is 1. The first kappa shape index (κ1) is 12.1. The van der Waals surface area contributed by atoms with E-state index in [-0.39, 0.29) is 0 Å². The van der Waals surface area contributed by atoms with E-state index in [0.717, 1.165) is 28.4 Å². The number of hydrogen-bond donors (Lipinski definition) is 0. The minimum atomic E-state index is 0.363. The maximum atomic E-state index is 5.98. The summed E-state index contributed by atoms with van der Waals surface area (Å²) < 4.78 is 2.03. The molecular formula is C14H13ClN4. The molecule has 0 saturated heterocycles. The highest BCUT2D eigenvalue weighted by atomic mass is 35.5. The van der Waals surface area contributed by atoms with E-state index < -0.39 is 0 Å². The van der Waals surface area contributed by atoms with Gasteiger partial charge in [-0.25, -0.2) is 9.97 Å². The highest BCUT2D eigenvalue weighted by Crippen LogP contribution is 2.17. The van der Waals surface area contributed by atoms with E-state index in [4.69, 9.17) is 11.6 Å². The van der Waals surface area contributed by atoms with Crippen LogP contribution >= 0.6 is 11.6 Å². The first-order chi connectivity index (χ1) is 9.28. The molecule has 3 aromatic rings. The first-order valence-corrected chi connectivity index (χ1v) is 6.60. The molecule has 0 N–H and O–H groups in total. The van der Waals surface area contributed by atoms with Gasteiger partial charge in [0.15, 0.2) is 5.65 Å². The van der Waals surface area contributed by atoms with Crippen molar-refractivity contribution in [1.82, 2.24) is 19.5 Å². The molecule has 3 aromatic heterocycles. The van der Waals surface area contributed by atoms with Crippen LogP contribution in [-0.2, 0) is 12.4 Å². The number of nitrogens with zero attached hydrogens (tertiary/aromatic N) is 4. The van der Waals surface area contributed by atoms with Gasteiger partial charge in [-0.15, -0.1) is 11.6 Å². The van der Waals surface area contributed by atoms with Crippen molar-refractivity contribution in [3.8, 4) is 0 Å². The van der Waals surface area contributed by atoms with Crippen molar-refractivity contribution in [2.75, 3.05) is 0 Å². The second kappa shape index (κ2) is 4.97. The molecule has 3 heterocycles. The average Bonchev–Trinajstić information content (AvgIpc) is 2.78. The van der Waals surface area contributed by atoms with E-state index in [0.29, 0.717) is 12.4 Å². The van der Waals surface area contributed by atoms with Crippen molar-refractivity contribution >= 4 is 22.8 Å². The summed E-state index contributed by atoms with van der Waals surface area (Å²) >= 11 is 5.98. The van der Waals surface area contributed by atoms with Crippen LogP contribution in [0.15, 0.2) is 36.5 Å². The van der Waals surface area contributed by atoms with E-state index in [1.807, 2.05) is 41.8 Å². The molecule has 0 aliphatic carbocycles. The zero-order chi connectivity index (χ0) is 13.2. The van der Waals surface area contributed by atoms with Crippen LogP contribution in [0.3, 0.4) is 0 Å². The normalized spacial score (nSPS) is 11.1. The SMILES string of the molecule is Cc1ccc2nc(CCl)n(Cc3ccccn3)c2n1. The number of hydrogen-bond acceptors (Lipinski definition) is 3. The summed E-state index contributed by atoms with van der Waals surface area (Å²) in [6.07, 6.45) is 1.79. The molecule has 4 nitrogen and oxygen atoms in total. The third-order valence-corrected chi connectivity index (χ3v) is 3.22. The summed E-state index contributed by atoms with van der Waals surface area (Å²) in [5.74, 6) is 1.18. The van der Waals surface area contributed by atoms with Gasteiger partial charge in [0.1, 0.15) is 11.3 Å². The first-order valence-electron chi connectivity index (χ1n) is 6.06. The number of aryl methyl sites for hydroxylation is 1. The van der Waals surface area contributed by atoms with E-state index >= 15 is 0 Å². The summed E-state index contributed by atoms with van der Waals surface area (Å²) in [6.45, 7) is 2.60. The lowest BCUT2D eigenvalue weighted by molar-refractivity contribution is 0.750. The van der Waals surface area contributed by atoms with Crippen molar-refractivity contribution < 1.29 is 0 Å². The van der Waals surface area contributed by atoms with Crippen molar-refractivity contribution in [1.29, 1.82) is 0 Å². The van der Waals surface area contributed by atoms with Crippen molar-refractivity contribution in [2.24, 2.45) is 0 Å². The largest absolute Gasteiger partial charge is 0.306 e. The highest BCUT2D eigenvalue weighted by molar-refractivity contribution is 6.16. The zero-order valence-corrected chi connectivity index (χ0v) is 11.3. The Kier molecular flexibility index (Phi) is 3.17. The van der Waals surface area contributed by atoms with Crippen molar-refractivity contribution in [2.45, 2.75) is 19.3 Å². The van der Waals surface area contributed by atoms with Crippen LogP contribution in [0.4, 0.5) is 0 Å². The lowest BCUT2D eigenvalue weighted by Crippen LogP contribution is -2.06. The van der Waals surface area contributed by atoms with Crippen LogP contribution in [0, 0.1) is 6.92 Å². The van der Waals surface area contributed by atoms with Crippen LogP contribution in [-0.4, -0.2) is 19.5 Å². The van der Waals surface area contributed by atoms with Gasteiger partial charge in [-0.2, -0.15) is 0 Å². The molecule has 0 spiro atoms. The third-order valence-electron chi connectivity index (χ3n) is 2.98. The minimum absolute atomic E-state index is 0.363. The van der Waals surface area contributed by atoms with Crippen LogP contribution in [0.5, 0.6) is 0 Å². The van der Waals surface area contributed by atoms with Crippen molar-refractivity contribution in [3.63, 3.8) is 0 Å². The van der Waals surface area contributed by atoms with Crippen LogP contribution in [0.2, 0.25) is 0 Å². The van der Waals surface area contributed by atoms with Gasteiger partial charge >= 0.3 is 0 Å². The van der Waals surface area contributed by atoms with Crippen LogP contribution < -0.4 is 0 Å².